The van der Waals surface area contributed by atoms with Crippen molar-refractivity contribution < 1.29 is 38.1 Å². The van der Waals surface area contributed by atoms with E-state index in [9.17, 15) is 19.2 Å². The van der Waals surface area contributed by atoms with E-state index in [1.54, 1.807) is 47.7 Å². The van der Waals surface area contributed by atoms with Crippen LogP contribution in [0, 0.1) is 5.92 Å². The fourth-order valence-corrected chi connectivity index (χ4v) is 5.19. The molecule has 0 saturated heterocycles. The van der Waals surface area contributed by atoms with Crippen LogP contribution in [-0.2, 0) is 19.0 Å². The fraction of sp³-hybridized carbons (Fsp3) is 0.581. The molecule has 1 fully saturated rings. The SMILES string of the molecule is COC(=O)CC1CCC(c2ccc(N3CCOc4ncnc(N(C(=O)OC(C)(C)C)C(=O)OC(C)(C)C)c4C3=O)cn2)CC1. The molecule has 0 unspecified atom stereocenters. The molecule has 1 saturated carbocycles. The quantitative estimate of drug-likeness (QED) is 0.315. The third kappa shape index (κ3) is 8.00. The largest absolute Gasteiger partial charge is 0.475 e. The number of methoxy groups -OCH3 is 1. The molecule has 13 heteroatoms. The van der Waals surface area contributed by atoms with E-state index >= 15 is 0 Å². The zero-order valence-corrected chi connectivity index (χ0v) is 26.4. The lowest BCUT2D eigenvalue weighted by atomic mass is 9.79. The number of nitrogens with zero attached hydrogens (tertiary/aromatic N) is 5. The highest BCUT2D eigenvalue weighted by Gasteiger charge is 2.40. The summed E-state index contributed by atoms with van der Waals surface area (Å²) in [5, 5.41) is 0. The number of pyridine rings is 1. The number of amides is 3. The van der Waals surface area contributed by atoms with E-state index in [0.29, 0.717) is 22.9 Å². The smallest absolute Gasteiger partial charge is 0.425 e. The van der Waals surface area contributed by atoms with Crippen molar-refractivity contribution in [3.63, 3.8) is 0 Å². The van der Waals surface area contributed by atoms with Crippen LogP contribution in [0.1, 0.15) is 95.6 Å². The molecule has 0 N–H and O–H groups in total. The maximum atomic E-state index is 14.1. The van der Waals surface area contributed by atoms with Gasteiger partial charge in [-0.2, -0.15) is 4.90 Å². The number of imide groups is 1. The average Bonchev–Trinajstić information content (AvgIpc) is 3.10. The molecule has 3 heterocycles. The van der Waals surface area contributed by atoms with Crippen molar-refractivity contribution in [2.45, 2.75) is 90.8 Å². The molecule has 0 bridgehead atoms. The van der Waals surface area contributed by atoms with E-state index in [1.165, 1.54) is 12.0 Å². The van der Waals surface area contributed by atoms with E-state index in [2.05, 4.69) is 15.0 Å². The Morgan fingerprint density at radius 3 is 2.14 bits per heavy atom. The molecule has 2 aromatic rings. The van der Waals surface area contributed by atoms with Crippen LogP contribution in [0.15, 0.2) is 24.7 Å². The highest BCUT2D eigenvalue weighted by atomic mass is 16.6. The molecule has 2 aromatic heterocycles. The second-order valence-electron chi connectivity index (χ2n) is 12.9. The Balaban J connectivity index is 1.61. The first-order valence-electron chi connectivity index (χ1n) is 14.8. The number of ether oxygens (including phenoxy) is 4. The van der Waals surface area contributed by atoms with E-state index < -0.39 is 29.3 Å². The maximum absolute atomic E-state index is 14.1. The first-order chi connectivity index (χ1) is 20.7. The Kier molecular flexibility index (Phi) is 9.75. The normalized spacial score (nSPS) is 18.8. The standard InChI is InChI=1S/C31H41N5O8/c1-30(2,3)43-28(39)36(29(40)44-31(4,5)6)25-24-26(34-18-33-25)42-15-14-35(27(24)38)21-12-13-22(32-17-21)20-10-8-19(9-11-20)16-23(37)41-7/h12-13,17-20H,8-11,14-16H2,1-7H3. The number of hydrogen-bond acceptors (Lipinski definition) is 11. The minimum absolute atomic E-state index is 0.0760. The number of fused-ring (bicyclic) bond motifs is 1. The highest BCUT2D eigenvalue weighted by molar-refractivity contribution is 6.17. The minimum Gasteiger partial charge on any atom is -0.475 e. The van der Waals surface area contributed by atoms with Gasteiger partial charge in [0, 0.05) is 18.0 Å². The molecule has 0 radical (unpaired) electrons. The Bertz CT molecular complexity index is 1350. The van der Waals surface area contributed by atoms with Crippen LogP contribution in [0.5, 0.6) is 5.88 Å². The molecule has 0 spiro atoms. The molecule has 238 valence electrons. The summed E-state index contributed by atoms with van der Waals surface area (Å²) in [5.41, 5.74) is -0.682. The number of aromatic nitrogens is 3. The van der Waals surface area contributed by atoms with Crippen LogP contribution in [-0.4, -0.2) is 70.5 Å². The summed E-state index contributed by atoms with van der Waals surface area (Å²) in [6.07, 6.45) is 4.67. The van der Waals surface area contributed by atoms with Gasteiger partial charge in [0.1, 0.15) is 29.7 Å². The van der Waals surface area contributed by atoms with Crippen molar-refractivity contribution in [2.75, 3.05) is 30.1 Å². The van der Waals surface area contributed by atoms with Crippen molar-refractivity contribution >= 4 is 35.6 Å². The van der Waals surface area contributed by atoms with Crippen LogP contribution in [0.3, 0.4) is 0 Å². The highest BCUT2D eigenvalue weighted by Crippen LogP contribution is 2.37. The lowest BCUT2D eigenvalue weighted by Crippen LogP contribution is -2.45. The Morgan fingerprint density at radius 1 is 0.955 bits per heavy atom. The van der Waals surface area contributed by atoms with Gasteiger partial charge in [0.25, 0.3) is 5.91 Å². The van der Waals surface area contributed by atoms with E-state index in [1.807, 2.05) is 12.1 Å². The van der Waals surface area contributed by atoms with Crippen LogP contribution < -0.4 is 14.5 Å². The molecule has 4 rings (SSSR count). The lowest BCUT2D eigenvalue weighted by Gasteiger charge is -2.29. The van der Waals surface area contributed by atoms with Crippen molar-refractivity contribution in [2.24, 2.45) is 5.92 Å². The average molecular weight is 612 g/mol. The third-order valence-electron chi connectivity index (χ3n) is 7.20. The molecular weight excluding hydrogens is 570 g/mol. The summed E-state index contributed by atoms with van der Waals surface area (Å²) in [6.45, 7) is 10.2. The summed E-state index contributed by atoms with van der Waals surface area (Å²) in [7, 11) is 1.41. The van der Waals surface area contributed by atoms with Gasteiger partial charge in [-0.15, -0.1) is 0 Å². The minimum atomic E-state index is -1.07. The van der Waals surface area contributed by atoms with Gasteiger partial charge >= 0.3 is 18.2 Å². The van der Waals surface area contributed by atoms with Gasteiger partial charge in [0.05, 0.1) is 25.5 Å². The summed E-state index contributed by atoms with van der Waals surface area (Å²) < 4.78 is 21.6. The zero-order chi connectivity index (χ0) is 32.2. The summed E-state index contributed by atoms with van der Waals surface area (Å²) in [4.78, 5) is 67.4. The van der Waals surface area contributed by atoms with Gasteiger partial charge in [0.2, 0.25) is 5.88 Å². The van der Waals surface area contributed by atoms with Crippen molar-refractivity contribution in [3.05, 3.63) is 35.9 Å². The van der Waals surface area contributed by atoms with Gasteiger partial charge in [-0.3, -0.25) is 14.6 Å². The molecule has 44 heavy (non-hydrogen) atoms. The molecular formula is C31H41N5O8. The third-order valence-corrected chi connectivity index (χ3v) is 7.20. The topological polar surface area (TPSA) is 150 Å². The Labute approximate surface area is 257 Å². The van der Waals surface area contributed by atoms with E-state index in [0.717, 1.165) is 37.7 Å². The summed E-state index contributed by atoms with van der Waals surface area (Å²) >= 11 is 0. The van der Waals surface area contributed by atoms with E-state index in [4.69, 9.17) is 18.9 Å². The second-order valence-corrected chi connectivity index (χ2v) is 12.9. The second kappa shape index (κ2) is 13.1. The molecule has 1 aliphatic carbocycles. The number of carbonyl (C=O) groups is 4. The molecule has 1 aliphatic heterocycles. The van der Waals surface area contributed by atoms with Gasteiger partial charge in [-0.25, -0.2) is 19.6 Å². The molecule has 0 aromatic carbocycles. The van der Waals surface area contributed by atoms with Gasteiger partial charge in [-0.1, -0.05) is 0 Å². The van der Waals surface area contributed by atoms with E-state index in [-0.39, 0.29) is 42.3 Å². The van der Waals surface area contributed by atoms with Crippen LogP contribution in [0.25, 0.3) is 0 Å². The predicted molar refractivity (Wildman–Crippen MR) is 160 cm³/mol. The Hall–Kier alpha value is -4.29. The number of anilines is 2. The maximum Gasteiger partial charge on any atom is 0.425 e. The zero-order valence-electron chi connectivity index (χ0n) is 26.4. The van der Waals surface area contributed by atoms with Crippen molar-refractivity contribution in [1.29, 1.82) is 0 Å². The summed E-state index contributed by atoms with van der Waals surface area (Å²) in [6, 6.07) is 3.71. The van der Waals surface area contributed by atoms with Gasteiger partial charge in [0.15, 0.2) is 5.82 Å². The number of rotatable bonds is 5. The predicted octanol–water partition coefficient (Wildman–Crippen LogP) is 5.42. The van der Waals surface area contributed by atoms with Crippen molar-refractivity contribution in [1.82, 2.24) is 15.0 Å². The first kappa shape index (κ1) is 32.6. The molecule has 0 atom stereocenters. The number of carbonyl (C=O) groups excluding carboxylic acids is 4. The lowest BCUT2D eigenvalue weighted by molar-refractivity contribution is -0.142. The van der Waals surface area contributed by atoms with Crippen LogP contribution in [0.2, 0.25) is 0 Å². The number of hydrogen-bond donors (Lipinski definition) is 0. The molecule has 3 amide bonds. The van der Waals surface area contributed by atoms with Crippen molar-refractivity contribution in [3.8, 4) is 5.88 Å². The van der Waals surface area contributed by atoms with Gasteiger partial charge < -0.3 is 23.8 Å². The monoisotopic (exact) mass is 611 g/mol. The van der Waals surface area contributed by atoms with Crippen LogP contribution >= 0.6 is 0 Å². The van der Waals surface area contributed by atoms with Gasteiger partial charge in [-0.05, 0) is 85.3 Å². The fourth-order valence-electron chi connectivity index (χ4n) is 5.19. The first-order valence-corrected chi connectivity index (χ1v) is 14.8. The molecule has 2 aliphatic rings. The summed E-state index contributed by atoms with van der Waals surface area (Å²) in [5.74, 6) is -0.597. The van der Waals surface area contributed by atoms with Crippen LogP contribution in [0.4, 0.5) is 21.1 Å². The Morgan fingerprint density at radius 2 is 1.59 bits per heavy atom. The molecule has 13 nitrogen and oxygen atoms in total. The number of esters is 1.